The smallest absolute Gasteiger partial charge is 0.236 e. The van der Waals surface area contributed by atoms with E-state index in [1.165, 1.54) is 0 Å². The van der Waals surface area contributed by atoms with E-state index < -0.39 is 0 Å². The molecule has 6 nitrogen and oxygen atoms in total. The number of amides is 1. The van der Waals surface area contributed by atoms with Gasteiger partial charge in [-0.2, -0.15) is 0 Å². The molecule has 2 rings (SSSR count). The van der Waals surface area contributed by atoms with E-state index in [9.17, 15) is 4.79 Å². The van der Waals surface area contributed by atoms with Gasteiger partial charge in [-0.15, -0.1) is 12.4 Å². The summed E-state index contributed by atoms with van der Waals surface area (Å²) in [6, 6.07) is 5.90. The van der Waals surface area contributed by atoms with Crippen molar-refractivity contribution in [2.45, 2.75) is 32.9 Å². The molecule has 148 valence electrons. The largest absolute Gasteiger partial charge is 0.493 e. The summed E-state index contributed by atoms with van der Waals surface area (Å²) < 4.78 is 10.8. The third kappa shape index (κ3) is 5.25. The van der Waals surface area contributed by atoms with Crippen LogP contribution in [-0.4, -0.2) is 62.7 Å². The zero-order valence-corrected chi connectivity index (χ0v) is 17.3. The number of hydrogen-bond donors (Lipinski definition) is 1. The van der Waals surface area contributed by atoms with Gasteiger partial charge in [-0.25, -0.2) is 0 Å². The van der Waals surface area contributed by atoms with Gasteiger partial charge in [0.2, 0.25) is 5.91 Å². The quantitative estimate of drug-likeness (QED) is 0.812. The minimum absolute atomic E-state index is 0. The SMILES string of the molecule is COc1cccc(CN(C)C(=O)CN2CCC(N)C(C)(C)C2)c1OC.Cl. The van der Waals surface area contributed by atoms with Gasteiger partial charge in [-0.1, -0.05) is 26.0 Å². The van der Waals surface area contributed by atoms with E-state index in [1.54, 1.807) is 19.1 Å². The van der Waals surface area contributed by atoms with Gasteiger partial charge in [0, 0.05) is 38.3 Å². The summed E-state index contributed by atoms with van der Waals surface area (Å²) in [4.78, 5) is 16.6. The maximum absolute atomic E-state index is 12.6. The van der Waals surface area contributed by atoms with Crippen molar-refractivity contribution in [1.82, 2.24) is 9.80 Å². The molecule has 1 aliphatic rings. The fraction of sp³-hybridized carbons (Fsp3) is 0.632. The molecule has 26 heavy (non-hydrogen) atoms. The predicted molar refractivity (Wildman–Crippen MR) is 106 cm³/mol. The first-order valence-electron chi connectivity index (χ1n) is 8.70. The molecule has 0 bridgehead atoms. The fourth-order valence-corrected chi connectivity index (χ4v) is 3.35. The Labute approximate surface area is 163 Å². The number of nitrogens with two attached hydrogens (primary N) is 1. The number of carbonyl (C=O) groups is 1. The lowest BCUT2D eigenvalue weighted by molar-refractivity contribution is -0.132. The van der Waals surface area contributed by atoms with Crippen molar-refractivity contribution >= 4 is 18.3 Å². The number of halogens is 1. The Morgan fingerprint density at radius 1 is 1.35 bits per heavy atom. The minimum Gasteiger partial charge on any atom is -0.493 e. The normalized spacial score (nSPS) is 19.4. The highest BCUT2D eigenvalue weighted by molar-refractivity contribution is 5.85. The molecule has 0 radical (unpaired) electrons. The highest BCUT2D eigenvalue weighted by Crippen LogP contribution is 2.31. The van der Waals surface area contributed by atoms with E-state index in [2.05, 4.69) is 18.7 Å². The summed E-state index contributed by atoms with van der Waals surface area (Å²) in [6.07, 6.45) is 0.924. The Kier molecular flexibility index (Phi) is 8.18. The number of methoxy groups -OCH3 is 2. The minimum atomic E-state index is 0. The van der Waals surface area contributed by atoms with Crippen LogP contribution < -0.4 is 15.2 Å². The summed E-state index contributed by atoms with van der Waals surface area (Å²) in [6.45, 7) is 6.94. The Morgan fingerprint density at radius 3 is 2.62 bits per heavy atom. The molecule has 0 spiro atoms. The summed E-state index contributed by atoms with van der Waals surface area (Å²) in [5.74, 6) is 1.44. The molecule has 0 aliphatic carbocycles. The highest BCUT2D eigenvalue weighted by Gasteiger charge is 2.34. The molecule has 0 aromatic heterocycles. The van der Waals surface area contributed by atoms with Crippen LogP contribution in [0.15, 0.2) is 18.2 Å². The molecule has 1 heterocycles. The van der Waals surface area contributed by atoms with Crippen molar-refractivity contribution in [1.29, 1.82) is 0 Å². The number of hydrogen-bond acceptors (Lipinski definition) is 5. The van der Waals surface area contributed by atoms with Crippen LogP contribution in [0.1, 0.15) is 25.8 Å². The number of likely N-dealkylation sites (N-methyl/N-ethyl adjacent to an activating group) is 1. The molecule has 1 fully saturated rings. The third-order valence-corrected chi connectivity index (χ3v) is 5.07. The lowest BCUT2D eigenvalue weighted by Crippen LogP contribution is -2.54. The first-order valence-corrected chi connectivity index (χ1v) is 8.70. The number of carbonyl (C=O) groups excluding carboxylic acids is 1. The molecule has 2 N–H and O–H groups in total. The van der Waals surface area contributed by atoms with Crippen LogP contribution in [0.5, 0.6) is 11.5 Å². The molecule has 1 aliphatic heterocycles. The molecule has 1 atom stereocenters. The van der Waals surface area contributed by atoms with Gasteiger partial charge in [0.1, 0.15) is 0 Å². The van der Waals surface area contributed by atoms with Gasteiger partial charge in [-0.3, -0.25) is 9.69 Å². The summed E-state index contributed by atoms with van der Waals surface area (Å²) in [5, 5.41) is 0. The zero-order valence-electron chi connectivity index (χ0n) is 16.4. The number of rotatable bonds is 6. The van der Waals surface area contributed by atoms with E-state index >= 15 is 0 Å². The number of nitrogens with zero attached hydrogens (tertiary/aromatic N) is 2. The first-order chi connectivity index (χ1) is 11.8. The number of piperidine rings is 1. The van der Waals surface area contributed by atoms with E-state index in [1.807, 2.05) is 25.2 Å². The van der Waals surface area contributed by atoms with Gasteiger partial charge >= 0.3 is 0 Å². The predicted octanol–water partition coefficient (Wildman–Crippen LogP) is 2.14. The average Bonchev–Trinajstić information content (AvgIpc) is 2.57. The van der Waals surface area contributed by atoms with E-state index in [0.717, 1.165) is 25.1 Å². The molecular formula is C19H32ClN3O3. The van der Waals surface area contributed by atoms with Crippen molar-refractivity contribution in [3.8, 4) is 11.5 Å². The maximum Gasteiger partial charge on any atom is 0.236 e. The second-order valence-electron chi connectivity index (χ2n) is 7.50. The van der Waals surface area contributed by atoms with Gasteiger partial charge in [0.05, 0.1) is 20.8 Å². The second-order valence-corrected chi connectivity index (χ2v) is 7.50. The Bertz CT molecular complexity index is 610. The molecule has 1 amide bonds. The summed E-state index contributed by atoms with van der Waals surface area (Å²) in [5.41, 5.74) is 7.14. The topological polar surface area (TPSA) is 68.0 Å². The van der Waals surface area contributed by atoms with Crippen LogP contribution in [-0.2, 0) is 11.3 Å². The molecule has 0 saturated carbocycles. The summed E-state index contributed by atoms with van der Waals surface area (Å²) >= 11 is 0. The van der Waals surface area contributed by atoms with Crippen LogP contribution in [0, 0.1) is 5.41 Å². The van der Waals surface area contributed by atoms with E-state index in [0.29, 0.717) is 24.6 Å². The van der Waals surface area contributed by atoms with Crippen molar-refractivity contribution in [2.75, 3.05) is 40.9 Å². The fourth-order valence-electron chi connectivity index (χ4n) is 3.35. The number of benzene rings is 1. The number of likely N-dealkylation sites (tertiary alicyclic amines) is 1. The molecule has 1 saturated heterocycles. The lowest BCUT2D eigenvalue weighted by atomic mass is 9.80. The van der Waals surface area contributed by atoms with Crippen LogP contribution in [0.4, 0.5) is 0 Å². The van der Waals surface area contributed by atoms with Crippen molar-refractivity contribution in [2.24, 2.45) is 11.1 Å². The molecule has 1 unspecified atom stereocenters. The van der Waals surface area contributed by atoms with Crippen LogP contribution in [0.2, 0.25) is 0 Å². The van der Waals surface area contributed by atoms with Gasteiger partial charge in [0.15, 0.2) is 11.5 Å². The zero-order chi connectivity index (χ0) is 18.6. The monoisotopic (exact) mass is 385 g/mol. The van der Waals surface area contributed by atoms with Gasteiger partial charge < -0.3 is 20.1 Å². The highest BCUT2D eigenvalue weighted by atomic mass is 35.5. The van der Waals surface area contributed by atoms with Crippen LogP contribution in [0.25, 0.3) is 0 Å². The Morgan fingerprint density at radius 2 is 2.04 bits per heavy atom. The van der Waals surface area contributed by atoms with Crippen LogP contribution >= 0.6 is 12.4 Å². The maximum atomic E-state index is 12.6. The first kappa shape index (κ1) is 22.5. The van der Waals surface area contributed by atoms with E-state index in [-0.39, 0.29) is 29.8 Å². The van der Waals surface area contributed by atoms with Crippen LogP contribution in [0.3, 0.4) is 0 Å². The molecular weight excluding hydrogens is 354 g/mol. The molecule has 1 aromatic carbocycles. The van der Waals surface area contributed by atoms with Crippen molar-refractivity contribution < 1.29 is 14.3 Å². The Balaban J connectivity index is 0.00000338. The summed E-state index contributed by atoms with van der Waals surface area (Å²) in [7, 11) is 5.05. The lowest BCUT2D eigenvalue weighted by Gasteiger charge is -2.42. The second kappa shape index (κ2) is 9.44. The molecule has 1 aromatic rings. The van der Waals surface area contributed by atoms with Crippen molar-refractivity contribution in [3.05, 3.63) is 23.8 Å². The van der Waals surface area contributed by atoms with E-state index in [4.69, 9.17) is 15.2 Å². The number of ether oxygens (including phenoxy) is 2. The Hall–Kier alpha value is -1.50. The third-order valence-electron chi connectivity index (χ3n) is 5.07. The van der Waals surface area contributed by atoms with Gasteiger partial charge in [0.25, 0.3) is 0 Å². The van der Waals surface area contributed by atoms with Crippen molar-refractivity contribution in [3.63, 3.8) is 0 Å². The number of para-hydroxylation sites is 1. The van der Waals surface area contributed by atoms with Gasteiger partial charge in [-0.05, 0) is 17.9 Å². The average molecular weight is 386 g/mol. The molecule has 7 heteroatoms. The standard InChI is InChI=1S/C19H31N3O3.ClH/c1-19(2)13-22(10-9-16(19)20)12-17(23)21(3)11-14-7-6-8-15(24-4)18(14)25-5;/h6-8,16H,9-13,20H2,1-5H3;1H.